The summed E-state index contributed by atoms with van der Waals surface area (Å²) in [6.45, 7) is 14.9. The highest BCUT2D eigenvalue weighted by Gasteiger charge is 1.99. The lowest BCUT2D eigenvalue weighted by molar-refractivity contribution is 0.717. The summed E-state index contributed by atoms with van der Waals surface area (Å²) >= 11 is 0. The van der Waals surface area contributed by atoms with Gasteiger partial charge in [-0.25, -0.2) is 0 Å². The molecule has 1 atom stereocenters. The first-order chi connectivity index (χ1) is 6.45. The lowest BCUT2D eigenvalue weighted by atomic mass is 9.98. The SMILES string of the molecule is C=C(C=C(C)C)CC(C)C=C(C)CC. The third-order valence-electron chi connectivity index (χ3n) is 2.20. The van der Waals surface area contributed by atoms with E-state index in [0.29, 0.717) is 5.92 Å². The van der Waals surface area contributed by atoms with Gasteiger partial charge in [-0.1, -0.05) is 49.3 Å². The van der Waals surface area contributed by atoms with Gasteiger partial charge in [0.05, 0.1) is 0 Å². The molecule has 0 heteroatoms. The summed E-state index contributed by atoms with van der Waals surface area (Å²) in [5.74, 6) is 0.609. The van der Waals surface area contributed by atoms with E-state index in [0.717, 1.165) is 12.8 Å². The smallest absolute Gasteiger partial charge is 0.0219 e. The zero-order valence-corrected chi connectivity index (χ0v) is 10.4. The van der Waals surface area contributed by atoms with E-state index in [4.69, 9.17) is 0 Å². The molecule has 0 nitrogen and oxygen atoms in total. The molecule has 0 fully saturated rings. The zero-order chi connectivity index (χ0) is 11.1. The topological polar surface area (TPSA) is 0 Å². The van der Waals surface area contributed by atoms with Crippen LogP contribution in [0.4, 0.5) is 0 Å². The molecule has 0 aliphatic heterocycles. The maximum absolute atomic E-state index is 4.06. The second-order valence-corrected chi connectivity index (χ2v) is 4.43. The van der Waals surface area contributed by atoms with Crippen LogP contribution < -0.4 is 0 Å². The van der Waals surface area contributed by atoms with Crippen molar-refractivity contribution in [2.45, 2.75) is 47.5 Å². The van der Waals surface area contributed by atoms with Gasteiger partial charge in [-0.15, -0.1) is 0 Å². The Bertz CT molecular complexity index is 237. The van der Waals surface area contributed by atoms with Crippen molar-refractivity contribution >= 4 is 0 Å². The van der Waals surface area contributed by atoms with Gasteiger partial charge in [0.2, 0.25) is 0 Å². The number of hydrogen-bond donors (Lipinski definition) is 0. The summed E-state index contributed by atoms with van der Waals surface area (Å²) in [7, 11) is 0. The van der Waals surface area contributed by atoms with Crippen LogP contribution in [0.25, 0.3) is 0 Å². The first-order valence-electron chi connectivity index (χ1n) is 5.45. The molecule has 0 amide bonds. The van der Waals surface area contributed by atoms with E-state index in [1.165, 1.54) is 16.7 Å². The van der Waals surface area contributed by atoms with Crippen molar-refractivity contribution in [3.05, 3.63) is 35.5 Å². The fourth-order valence-electron chi connectivity index (χ4n) is 1.54. The van der Waals surface area contributed by atoms with Gasteiger partial charge in [0, 0.05) is 0 Å². The average Bonchev–Trinajstić information content (AvgIpc) is 2.01. The van der Waals surface area contributed by atoms with Crippen LogP contribution in [-0.2, 0) is 0 Å². The van der Waals surface area contributed by atoms with Gasteiger partial charge < -0.3 is 0 Å². The van der Waals surface area contributed by atoms with Crippen molar-refractivity contribution < 1.29 is 0 Å². The monoisotopic (exact) mass is 192 g/mol. The highest BCUT2D eigenvalue weighted by atomic mass is 14.1. The van der Waals surface area contributed by atoms with E-state index in [2.05, 4.69) is 53.3 Å². The number of hydrogen-bond acceptors (Lipinski definition) is 0. The van der Waals surface area contributed by atoms with Gasteiger partial charge in [-0.05, 0) is 39.5 Å². The van der Waals surface area contributed by atoms with Crippen molar-refractivity contribution in [1.82, 2.24) is 0 Å². The zero-order valence-electron chi connectivity index (χ0n) is 10.4. The lowest BCUT2D eigenvalue weighted by Gasteiger charge is -2.08. The molecule has 0 bridgehead atoms. The number of allylic oxidation sites excluding steroid dienone is 5. The van der Waals surface area contributed by atoms with Crippen LogP contribution in [0.15, 0.2) is 35.5 Å². The highest BCUT2D eigenvalue weighted by Crippen LogP contribution is 2.16. The minimum atomic E-state index is 0.609. The maximum atomic E-state index is 4.06. The van der Waals surface area contributed by atoms with Crippen LogP contribution in [0.3, 0.4) is 0 Å². The van der Waals surface area contributed by atoms with E-state index < -0.39 is 0 Å². The Labute approximate surface area is 89.4 Å². The fraction of sp³-hybridized carbons (Fsp3) is 0.571. The molecule has 0 aliphatic carbocycles. The molecule has 0 aromatic carbocycles. The molecule has 0 spiro atoms. The Hall–Kier alpha value is -0.780. The van der Waals surface area contributed by atoms with Crippen molar-refractivity contribution in [2.75, 3.05) is 0 Å². The maximum Gasteiger partial charge on any atom is -0.0219 e. The van der Waals surface area contributed by atoms with Crippen molar-refractivity contribution in [3.63, 3.8) is 0 Å². The van der Waals surface area contributed by atoms with Crippen molar-refractivity contribution in [1.29, 1.82) is 0 Å². The molecule has 14 heavy (non-hydrogen) atoms. The molecule has 0 aromatic heterocycles. The molecular formula is C14H24. The third-order valence-corrected chi connectivity index (χ3v) is 2.20. The van der Waals surface area contributed by atoms with Gasteiger partial charge in [0.25, 0.3) is 0 Å². The van der Waals surface area contributed by atoms with Crippen LogP contribution >= 0.6 is 0 Å². The van der Waals surface area contributed by atoms with E-state index in [9.17, 15) is 0 Å². The first-order valence-corrected chi connectivity index (χ1v) is 5.45. The first kappa shape index (κ1) is 13.2. The molecule has 1 unspecified atom stereocenters. The molecule has 0 aromatic rings. The predicted octanol–water partition coefficient (Wildman–Crippen LogP) is 4.89. The molecule has 0 heterocycles. The van der Waals surface area contributed by atoms with Crippen LogP contribution in [0.2, 0.25) is 0 Å². The largest absolute Gasteiger partial charge is 0.0958 e. The van der Waals surface area contributed by atoms with Gasteiger partial charge in [0.1, 0.15) is 0 Å². The second-order valence-electron chi connectivity index (χ2n) is 4.43. The Balaban J connectivity index is 4.14. The minimum Gasteiger partial charge on any atom is -0.0958 e. The molecule has 0 rings (SSSR count). The van der Waals surface area contributed by atoms with Gasteiger partial charge >= 0.3 is 0 Å². The van der Waals surface area contributed by atoms with E-state index >= 15 is 0 Å². The minimum absolute atomic E-state index is 0.609. The normalized spacial score (nSPS) is 13.6. The molecule has 0 saturated heterocycles. The third kappa shape index (κ3) is 6.71. The fourth-order valence-corrected chi connectivity index (χ4v) is 1.54. The molecule has 0 saturated carbocycles. The second kappa shape index (κ2) is 6.64. The van der Waals surface area contributed by atoms with Crippen LogP contribution in [0.5, 0.6) is 0 Å². The standard InChI is InChI=1S/C14H24/c1-7-12(4)9-14(6)10-13(5)8-11(2)3/h8-9,14H,5,7,10H2,1-4,6H3. The van der Waals surface area contributed by atoms with Gasteiger partial charge in [-0.3, -0.25) is 0 Å². The predicted molar refractivity (Wildman–Crippen MR) is 66.4 cm³/mol. The van der Waals surface area contributed by atoms with E-state index in [1.807, 2.05) is 0 Å². The summed E-state index contributed by atoms with van der Waals surface area (Å²) in [5.41, 5.74) is 4.04. The Morgan fingerprint density at radius 2 is 1.86 bits per heavy atom. The quantitative estimate of drug-likeness (QED) is 0.429. The van der Waals surface area contributed by atoms with Crippen molar-refractivity contribution in [3.8, 4) is 0 Å². The summed E-state index contributed by atoms with van der Waals surface area (Å²) in [5, 5.41) is 0. The summed E-state index contributed by atoms with van der Waals surface area (Å²) in [6, 6.07) is 0. The molecule has 0 radical (unpaired) electrons. The lowest BCUT2D eigenvalue weighted by Crippen LogP contribution is -1.92. The van der Waals surface area contributed by atoms with Gasteiger partial charge in [-0.2, -0.15) is 0 Å². The Kier molecular flexibility index (Phi) is 6.27. The Morgan fingerprint density at radius 3 is 2.29 bits per heavy atom. The Morgan fingerprint density at radius 1 is 1.29 bits per heavy atom. The summed E-state index contributed by atoms with van der Waals surface area (Å²) in [6.07, 6.45) is 6.75. The van der Waals surface area contributed by atoms with Crippen LogP contribution in [0, 0.1) is 5.92 Å². The molecule has 80 valence electrons. The molecule has 0 N–H and O–H groups in total. The van der Waals surface area contributed by atoms with Crippen LogP contribution in [0.1, 0.15) is 47.5 Å². The van der Waals surface area contributed by atoms with E-state index in [1.54, 1.807) is 0 Å². The van der Waals surface area contributed by atoms with Gasteiger partial charge in [0.15, 0.2) is 0 Å². The molecular weight excluding hydrogens is 168 g/mol. The van der Waals surface area contributed by atoms with E-state index in [-0.39, 0.29) is 0 Å². The molecule has 0 aliphatic rings. The van der Waals surface area contributed by atoms with Crippen LogP contribution in [-0.4, -0.2) is 0 Å². The number of rotatable bonds is 5. The highest BCUT2D eigenvalue weighted by molar-refractivity contribution is 5.19. The summed E-state index contributed by atoms with van der Waals surface area (Å²) in [4.78, 5) is 0. The van der Waals surface area contributed by atoms with Crippen molar-refractivity contribution in [2.24, 2.45) is 5.92 Å². The average molecular weight is 192 g/mol. The summed E-state index contributed by atoms with van der Waals surface area (Å²) < 4.78 is 0.